The molecule has 158 valence electrons. The molecule has 0 aliphatic carbocycles. The predicted molar refractivity (Wildman–Crippen MR) is 111 cm³/mol. The summed E-state index contributed by atoms with van der Waals surface area (Å²) >= 11 is 0. The molecule has 0 saturated carbocycles. The molecule has 0 saturated heterocycles. The Morgan fingerprint density at radius 3 is 3.00 bits per heavy atom. The third-order valence-corrected chi connectivity index (χ3v) is 4.83. The summed E-state index contributed by atoms with van der Waals surface area (Å²) in [7, 11) is 2.01. The molecule has 0 unspecified atom stereocenters. The monoisotopic (exact) mass is 410 g/mol. The largest absolute Gasteiger partial charge is 0.467 e. The summed E-state index contributed by atoms with van der Waals surface area (Å²) < 4.78 is 18.4. The fraction of sp³-hybridized carbons (Fsp3) is 0.381. The minimum absolute atomic E-state index is 0.273. The molecule has 3 heterocycles. The average Bonchev–Trinajstić information content (AvgIpc) is 3.51. The zero-order valence-corrected chi connectivity index (χ0v) is 17.2. The molecule has 0 radical (unpaired) electrons. The van der Waals surface area contributed by atoms with Crippen LogP contribution in [0.25, 0.3) is 0 Å². The molecule has 9 heteroatoms. The van der Waals surface area contributed by atoms with Gasteiger partial charge in [-0.15, -0.1) is 10.2 Å². The number of hydrogen-bond donors (Lipinski definition) is 1. The topological polar surface area (TPSA) is 89.9 Å². The summed E-state index contributed by atoms with van der Waals surface area (Å²) in [5, 5.41) is 11.6. The van der Waals surface area contributed by atoms with Crippen molar-refractivity contribution in [2.45, 2.75) is 33.0 Å². The van der Waals surface area contributed by atoms with Crippen molar-refractivity contribution in [1.29, 1.82) is 0 Å². The van der Waals surface area contributed by atoms with Crippen LogP contribution in [-0.4, -0.2) is 46.0 Å². The minimum Gasteiger partial charge on any atom is -0.467 e. The number of ether oxygens (including phenoxy) is 2. The lowest BCUT2D eigenvalue weighted by molar-refractivity contribution is 0.174. The number of rotatable bonds is 8. The Morgan fingerprint density at radius 2 is 2.17 bits per heavy atom. The molecule has 0 bridgehead atoms. The van der Waals surface area contributed by atoms with Crippen LogP contribution in [0.1, 0.15) is 24.1 Å². The summed E-state index contributed by atoms with van der Waals surface area (Å²) in [6.07, 6.45) is 4.27. The van der Waals surface area contributed by atoms with Crippen molar-refractivity contribution in [2.75, 3.05) is 20.4 Å². The predicted octanol–water partition coefficient (Wildman–Crippen LogP) is 2.44. The second-order valence-electron chi connectivity index (χ2n) is 6.98. The van der Waals surface area contributed by atoms with E-state index in [1.54, 1.807) is 12.6 Å². The number of aromatic nitrogens is 3. The third-order valence-electron chi connectivity index (χ3n) is 4.83. The average molecular weight is 410 g/mol. The van der Waals surface area contributed by atoms with E-state index < -0.39 is 0 Å². The van der Waals surface area contributed by atoms with Gasteiger partial charge >= 0.3 is 0 Å². The highest BCUT2D eigenvalue weighted by molar-refractivity contribution is 5.79. The molecule has 3 aromatic rings. The Bertz CT molecular complexity index is 983. The fourth-order valence-corrected chi connectivity index (χ4v) is 3.28. The second kappa shape index (κ2) is 9.34. The Hall–Kier alpha value is -3.49. The van der Waals surface area contributed by atoms with Crippen LogP contribution in [-0.2, 0) is 26.1 Å². The quantitative estimate of drug-likeness (QED) is 0.451. The number of guanidine groups is 1. The number of nitrogens with zero attached hydrogens (tertiary/aromatic N) is 5. The van der Waals surface area contributed by atoms with Gasteiger partial charge in [0.1, 0.15) is 24.5 Å². The van der Waals surface area contributed by atoms with Gasteiger partial charge in [0.2, 0.25) is 6.79 Å². The number of aryl methyl sites for hydroxylation is 1. The molecule has 0 spiro atoms. The summed E-state index contributed by atoms with van der Waals surface area (Å²) in [6.45, 7) is 4.95. The van der Waals surface area contributed by atoms with Crippen LogP contribution in [0.2, 0.25) is 0 Å². The van der Waals surface area contributed by atoms with Crippen molar-refractivity contribution in [1.82, 2.24) is 25.0 Å². The number of furan rings is 1. The maximum atomic E-state index is 5.49. The van der Waals surface area contributed by atoms with E-state index in [0.717, 1.165) is 47.6 Å². The first kappa shape index (κ1) is 19.8. The number of aliphatic imine (C=N–C) groups is 1. The van der Waals surface area contributed by atoms with Gasteiger partial charge in [-0.3, -0.25) is 0 Å². The van der Waals surface area contributed by atoms with Gasteiger partial charge in [-0.25, -0.2) is 4.99 Å². The van der Waals surface area contributed by atoms with Gasteiger partial charge in [0.15, 0.2) is 17.5 Å². The third kappa shape index (κ3) is 4.73. The molecule has 9 nitrogen and oxygen atoms in total. The van der Waals surface area contributed by atoms with Crippen LogP contribution in [0.4, 0.5) is 0 Å². The highest BCUT2D eigenvalue weighted by Gasteiger charge is 2.15. The second-order valence-corrected chi connectivity index (χ2v) is 6.98. The van der Waals surface area contributed by atoms with Gasteiger partial charge in [-0.2, -0.15) is 0 Å². The van der Waals surface area contributed by atoms with Gasteiger partial charge in [-0.05, 0) is 29.8 Å². The van der Waals surface area contributed by atoms with E-state index in [0.29, 0.717) is 19.6 Å². The van der Waals surface area contributed by atoms with Gasteiger partial charge < -0.3 is 28.7 Å². The standard InChI is InChI=1S/C21H26N6O3/c1-3-20-25-24-14-27(20)9-8-22-21(23-12-17-5-4-10-28-17)26(2)13-16-6-7-18-19(11-16)30-15-29-18/h4-7,10-11,14H,3,8-9,12-13,15H2,1-2H3,(H,22,23). The van der Waals surface area contributed by atoms with Crippen LogP contribution in [0.3, 0.4) is 0 Å². The van der Waals surface area contributed by atoms with Crippen LogP contribution >= 0.6 is 0 Å². The minimum atomic E-state index is 0.273. The Labute approximate surface area is 175 Å². The Kier molecular flexibility index (Phi) is 6.17. The number of hydrogen-bond acceptors (Lipinski definition) is 6. The molecule has 1 aromatic carbocycles. The van der Waals surface area contributed by atoms with E-state index in [-0.39, 0.29) is 6.79 Å². The van der Waals surface area contributed by atoms with E-state index in [1.807, 2.05) is 37.4 Å². The van der Waals surface area contributed by atoms with Crippen molar-refractivity contribution in [2.24, 2.45) is 4.99 Å². The lowest BCUT2D eigenvalue weighted by atomic mass is 10.2. The fourth-order valence-electron chi connectivity index (χ4n) is 3.28. The molecule has 0 atom stereocenters. The lowest BCUT2D eigenvalue weighted by Gasteiger charge is -2.23. The van der Waals surface area contributed by atoms with Crippen LogP contribution in [0, 0.1) is 0 Å². The molecule has 2 aromatic heterocycles. The normalized spacial score (nSPS) is 12.9. The van der Waals surface area contributed by atoms with Crippen molar-refractivity contribution < 1.29 is 13.9 Å². The number of benzene rings is 1. The zero-order chi connectivity index (χ0) is 20.8. The zero-order valence-electron chi connectivity index (χ0n) is 17.2. The van der Waals surface area contributed by atoms with Gasteiger partial charge in [-0.1, -0.05) is 13.0 Å². The first-order chi connectivity index (χ1) is 14.7. The first-order valence-corrected chi connectivity index (χ1v) is 10.00. The maximum absolute atomic E-state index is 5.49. The molecule has 0 fully saturated rings. The smallest absolute Gasteiger partial charge is 0.231 e. The van der Waals surface area contributed by atoms with Crippen molar-refractivity contribution in [3.05, 3.63) is 60.1 Å². The summed E-state index contributed by atoms with van der Waals surface area (Å²) in [6, 6.07) is 9.78. The highest BCUT2D eigenvalue weighted by atomic mass is 16.7. The SMILES string of the molecule is CCc1nncn1CCNC(=NCc1ccco1)N(C)Cc1ccc2c(c1)OCO2. The molecule has 30 heavy (non-hydrogen) atoms. The molecule has 1 aliphatic heterocycles. The Morgan fingerprint density at radius 1 is 1.27 bits per heavy atom. The summed E-state index contributed by atoms with van der Waals surface area (Å²) in [5.74, 6) is 4.14. The number of nitrogens with one attached hydrogen (secondary N) is 1. The van der Waals surface area contributed by atoms with E-state index in [1.165, 1.54) is 0 Å². The molecular formula is C21H26N6O3. The van der Waals surface area contributed by atoms with E-state index in [4.69, 9.17) is 18.9 Å². The highest BCUT2D eigenvalue weighted by Crippen LogP contribution is 2.32. The van der Waals surface area contributed by atoms with E-state index >= 15 is 0 Å². The molecule has 4 rings (SSSR count). The van der Waals surface area contributed by atoms with Gasteiger partial charge in [0.05, 0.1) is 6.26 Å². The summed E-state index contributed by atoms with van der Waals surface area (Å²) in [4.78, 5) is 6.81. The first-order valence-electron chi connectivity index (χ1n) is 10.00. The van der Waals surface area contributed by atoms with Crippen molar-refractivity contribution >= 4 is 5.96 Å². The van der Waals surface area contributed by atoms with Crippen LogP contribution < -0.4 is 14.8 Å². The van der Waals surface area contributed by atoms with E-state index in [2.05, 4.69) is 31.9 Å². The molecule has 1 aliphatic rings. The molecule has 1 N–H and O–H groups in total. The lowest BCUT2D eigenvalue weighted by Crippen LogP contribution is -2.40. The Balaban J connectivity index is 1.42. The van der Waals surface area contributed by atoms with Crippen molar-refractivity contribution in [3.8, 4) is 11.5 Å². The number of fused-ring (bicyclic) bond motifs is 1. The molecular weight excluding hydrogens is 384 g/mol. The molecule has 0 amide bonds. The van der Waals surface area contributed by atoms with Gasteiger partial charge in [0.25, 0.3) is 0 Å². The van der Waals surface area contributed by atoms with Crippen LogP contribution in [0.15, 0.2) is 52.3 Å². The van der Waals surface area contributed by atoms with E-state index in [9.17, 15) is 0 Å². The van der Waals surface area contributed by atoms with Gasteiger partial charge in [0, 0.05) is 33.1 Å². The summed E-state index contributed by atoms with van der Waals surface area (Å²) in [5.41, 5.74) is 1.11. The van der Waals surface area contributed by atoms with Crippen molar-refractivity contribution in [3.63, 3.8) is 0 Å². The maximum Gasteiger partial charge on any atom is 0.231 e. The van der Waals surface area contributed by atoms with Crippen LogP contribution in [0.5, 0.6) is 11.5 Å².